The monoisotopic (exact) mass is 431 g/mol. The molecular formula is C22H29N3O4S. The largest absolute Gasteiger partial charge is 0.357 e. The van der Waals surface area contributed by atoms with Crippen LogP contribution in [0.25, 0.3) is 0 Å². The number of carbonyl (C=O) groups excluding carboxylic acids is 2. The number of rotatable bonds is 8. The minimum absolute atomic E-state index is 0.193. The van der Waals surface area contributed by atoms with Crippen LogP contribution < -0.4 is 9.62 Å². The molecule has 7 nitrogen and oxygen atoms in total. The summed E-state index contributed by atoms with van der Waals surface area (Å²) >= 11 is 0. The van der Waals surface area contributed by atoms with Gasteiger partial charge in [-0.1, -0.05) is 42.5 Å². The highest BCUT2D eigenvalue weighted by molar-refractivity contribution is 7.92. The molecule has 1 N–H and O–H groups in total. The van der Waals surface area contributed by atoms with E-state index in [9.17, 15) is 18.0 Å². The molecule has 2 aromatic rings. The van der Waals surface area contributed by atoms with E-state index in [0.29, 0.717) is 5.69 Å². The second kappa shape index (κ2) is 9.75. The van der Waals surface area contributed by atoms with Crippen molar-refractivity contribution < 1.29 is 18.0 Å². The zero-order valence-electron chi connectivity index (χ0n) is 18.0. The van der Waals surface area contributed by atoms with Gasteiger partial charge in [-0.15, -0.1) is 0 Å². The molecule has 0 unspecified atom stereocenters. The Morgan fingerprint density at radius 3 is 2.23 bits per heavy atom. The van der Waals surface area contributed by atoms with Crippen molar-refractivity contribution in [3.63, 3.8) is 0 Å². The maximum absolute atomic E-state index is 13.3. The molecule has 162 valence electrons. The van der Waals surface area contributed by atoms with Crippen molar-refractivity contribution in [3.05, 3.63) is 65.2 Å². The number of anilines is 1. The van der Waals surface area contributed by atoms with E-state index in [1.165, 1.54) is 11.9 Å². The second-order valence-corrected chi connectivity index (χ2v) is 9.19. The summed E-state index contributed by atoms with van der Waals surface area (Å²) in [5, 5.41) is 2.55. The van der Waals surface area contributed by atoms with Gasteiger partial charge in [0.2, 0.25) is 21.8 Å². The molecule has 2 rings (SSSR count). The Morgan fingerprint density at radius 1 is 1.03 bits per heavy atom. The van der Waals surface area contributed by atoms with Crippen LogP contribution in [-0.4, -0.2) is 51.0 Å². The van der Waals surface area contributed by atoms with Gasteiger partial charge in [0.25, 0.3) is 0 Å². The molecular weight excluding hydrogens is 402 g/mol. The van der Waals surface area contributed by atoms with Crippen molar-refractivity contribution >= 4 is 27.5 Å². The van der Waals surface area contributed by atoms with Gasteiger partial charge in [0.05, 0.1) is 11.9 Å². The maximum Gasteiger partial charge on any atom is 0.244 e. The Hall–Kier alpha value is -2.87. The van der Waals surface area contributed by atoms with Crippen molar-refractivity contribution in [1.29, 1.82) is 0 Å². The average molecular weight is 432 g/mol. The van der Waals surface area contributed by atoms with Crippen molar-refractivity contribution in [2.24, 2.45) is 0 Å². The summed E-state index contributed by atoms with van der Waals surface area (Å²) in [4.78, 5) is 26.9. The third-order valence-electron chi connectivity index (χ3n) is 5.13. The standard InChI is InChI=1S/C22H29N3O4S/c1-16-10-9-13-20(17(16)2)25(30(5,28)29)15-21(26)24(18(3)22(27)23-4)14-19-11-7-6-8-12-19/h6-13,18H,14-15H2,1-5H3,(H,23,27)/t18-/m0/s1. The minimum Gasteiger partial charge on any atom is -0.357 e. The van der Waals surface area contributed by atoms with Gasteiger partial charge in [0, 0.05) is 13.6 Å². The fourth-order valence-electron chi connectivity index (χ4n) is 3.17. The van der Waals surface area contributed by atoms with Crippen molar-refractivity contribution in [1.82, 2.24) is 10.2 Å². The van der Waals surface area contributed by atoms with Crippen LogP contribution in [0.15, 0.2) is 48.5 Å². The van der Waals surface area contributed by atoms with Crippen LogP contribution >= 0.6 is 0 Å². The molecule has 0 radical (unpaired) electrons. The van der Waals surface area contributed by atoms with Gasteiger partial charge in [0.15, 0.2) is 0 Å². The Bertz CT molecular complexity index is 1010. The summed E-state index contributed by atoms with van der Waals surface area (Å²) in [5.74, 6) is -0.779. The SMILES string of the molecule is CNC(=O)[C@H](C)N(Cc1ccccc1)C(=O)CN(c1cccc(C)c1C)S(C)(=O)=O. The van der Waals surface area contributed by atoms with E-state index in [1.54, 1.807) is 19.1 Å². The first-order chi connectivity index (χ1) is 14.1. The molecule has 8 heteroatoms. The molecule has 0 saturated heterocycles. The van der Waals surface area contributed by atoms with E-state index in [4.69, 9.17) is 0 Å². The molecule has 0 saturated carbocycles. The minimum atomic E-state index is -3.72. The lowest BCUT2D eigenvalue weighted by Crippen LogP contribution is -2.50. The number of sulfonamides is 1. The van der Waals surface area contributed by atoms with Gasteiger partial charge in [-0.05, 0) is 43.5 Å². The predicted molar refractivity (Wildman–Crippen MR) is 119 cm³/mol. The van der Waals surface area contributed by atoms with Gasteiger partial charge < -0.3 is 10.2 Å². The molecule has 30 heavy (non-hydrogen) atoms. The Kier molecular flexibility index (Phi) is 7.61. The van der Waals surface area contributed by atoms with Crippen LogP contribution in [0.3, 0.4) is 0 Å². The zero-order valence-corrected chi connectivity index (χ0v) is 18.9. The van der Waals surface area contributed by atoms with E-state index in [2.05, 4.69) is 5.32 Å². The fourth-order valence-corrected chi connectivity index (χ4v) is 4.07. The number of likely N-dealkylation sites (N-methyl/N-ethyl adjacent to an activating group) is 1. The van der Waals surface area contributed by atoms with Crippen molar-refractivity contribution in [3.8, 4) is 0 Å². The van der Waals surface area contributed by atoms with Crippen LogP contribution in [0.1, 0.15) is 23.6 Å². The summed E-state index contributed by atoms with van der Waals surface area (Å²) in [6, 6.07) is 13.8. The number of aryl methyl sites for hydroxylation is 1. The highest BCUT2D eigenvalue weighted by atomic mass is 32.2. The average Bonchev–Trinajstić information content (AvgIpc) is 2.71. The number of amides is 2. The van der Waals surface area contributed by atoms with E-state index in [0.717, 1.165) is 27.3 Å². The Morgan fingerprint density at radius 2 is 1.67 bits per heavy atom. The number of nitrogens with one attached hydrogen (secondary N) is 1. The first kappa shape index (κ1) is 23.4. The number of benzene rings is 2. The molecule has 2 amide bonds. The molecule has 0 aromatic heterocycles. The first-order valence-corrected chi connectivity index (χ1v) is 11.5. The van der Waals surface area contributed by atoms with Gasteiger partial charge in [0.1, 0.15) is 12.6 Å². The third-order valence-corrected chi connectivity index (χ3v) is 6.26. The second-order valence-electron chi connectivity index (χ2n) is 7.29. The molecule has 1 atom stereocenters. The fraction of sp³-hybridized carbons (Fsp3) is 0.364. The summed E-state index contributed by atoms with van der Waals surface area (Å²) in [6.45, 7) is 5.14. The zero-order chi connectivity index (χ0) is 22.5. The summed E-state index contributed by atoms with van der Waals surface area (Å²) in [5.41, 5.74) is 3.01. The third kappa shape index (κ3) is 5.60. The van der Waals surface area contributed by atoms with Crippen LogP contribution in [0.2, 0.25) is 0 Å². The van der Waals surface area contributed by atoms with E-state index < -0.39 is 28.5 Å². The molecule has 0 bridgehead atoms. The number of hydrogen-bond donors (Lipinski definition) is 1. The van der Waals surface area contributed by atoms with Crippen LogP contribution in [0.4, 0.5) is 5.69 Å². The van der Waals surface area contributed by atoms with E-state index in [1.807, 2.05) is 50.2 Å². The molecule has 0 spiro atoms. The lowest BCUT2D eigenvalue weighted by molar-refractivity contribution is -0.139. The molecule has 0 aliphatic heterocycles. The summed E-state index contributed by atoms with van der Waals surface area (Å²) < 4.78 is 26.2. The number of carbonyl (C=O) groups is 2. The molecule has 0 fully saturated rings. The van der Waals surface area contributed by atoms with Gasteiger partial charge in [-0.25, -0.2) is 8.42 Å². The number of hydrogen-bond acceptors (Lipinski definition) is 4. The van der Waals surface area contributed by atoms with Crippen LogP contribution in [0.5, 0.6) is 0 Å². The van der Waals surface area contributed by atoms with Gasteiger partial charge in [-0.2, -0.15) is 0 Å². The molecule has 0 aliphatic rings. The predicted octanol–water partition coefficient (Wildman–Crippen LogP) is 2.23. The maximum atomic E-state index is 13.3. The van der Waals surface area contributed by atoms with Crippen molar-refractivity contribution in [2.75, 3.05) is 24.2 Å². The van der Waals surface area contributed by atoms with E-state index >= 15 is 0 Å². The molecule has 0 aliphatic carbocycles. The first-order valence-electron chi connectivity index (χ1n) is 9.65. The Labute approximate surface area is 178 Å². The normalized spacial score (nSPS) is 12.2. The van der Waals surface area contributed by atoms with E-state index in [-0.39, 0.29) is 12.5 Å². The van der Waals surface area contributed by atoms with Gasteiger partial charge >= 0.3 is 0 Å². The van der Waals surface area contributed by atoms with Crippen molar-refractivity contribution in [2.45, 2.75) is 33.4 Å². The quantitative estimate of drug-likeness (QED) is 0.694. The highest BCUT2D eigenvalue weighted by Gasteiger charge is 2.30. The van der Waals surface area contributed by atoms with Crippen LogP contribution in [-0.2, 0) is 26.2 Å². The lowest BCUT2D eigenvalue weighted by Gasteiger charge is -2.31. The summed E-state index contributed by atoms with van der Waals surface area (Å²) in [6.07, 6.45) is 1.08. The Balaban J connectivity index is 2.41. The molecule has 2 aromatic carbocycles. The smallest absolute Gasteiger partial charge is 0.244 e. The topological polar surface area (TPSA) is 86.8 Å². The molecule has 0 heterocycles. The highest BCUT2D eigenvalue weighted by Crippen LogP contribution is 2.25. The lowest BCUT2D eigenvalue weighted by atomic mass is 10.1. The van der Waals surface area contributed by atoms with Gasteiger partial charge in [-0.3, -0.25) is 13.9 Å². The van der Waals surface area contributed by atoms with Crippen LogP contribution in [0, 0.1) is 13.8 Å². The summed E-state index contributed by atoms with van der Waals surface area (Å²) in [7, 11) is -2.22. The number of nitrogens with zero attached hydrogens (tertiary/aromatic N) is 2.